The smallest absolute Gasteiger partial charge is 0.264 e. The Morgan fingerprint density at radius 1 is 0.762 bits per heavy atom. The Balaban J connectivity index is 0.000000188. The first-order chi connectivity index (χ1) is 29.7. The van der Waals surface area contributed by atoms with E-state index in [1.54, 1.807) is 43.2 Å². The molecule has 4 aromatic heterocycles. The van der Waals surface area contributed by atoms with Crippen LogP contribution in [0.1, 0.15) is 127 Å². The van der Waals surface area contributed by atoms with Gasteiger partial charge in [-0.15, -0.1) is 0 Å². The van der Waals surface area contributed by atoms with Gasteiger partial charge in [0.2, 0.25) is 0 Å². The number of carbonyl (C=O) groups is 2. The number of aromatic nitrogens is 8. The van der Waals surface area contributed by atoms with Crippen molar-refractivity contribution in [1.29, 1.82) is 0 Å². The summed E-state index contributed by atoms with van der Waals surface area (Å²) in [6.45, 7) is 19.7. The molecule has 3 N–H and O–H groups in total. The lowest BCUT2D eigenvalue weighted by molar-refractivity contribution is -0.115. The van der Waals surface area contributed by atoms with E-state index in [0.717, 1.165) is 44.9 Å². The normalized spacial score (nSPS) is 31.9. The quantitative estimate of drug-likeness (QED) is 0.141. The first kappa shape index (κ1) is 47.9. The van der Waals surface area contributed by atoms with Crippen LogP contribution in [0.4, 0.5) is 0 Å². The number of fused-ring (bicyclic) bond motifs is 2. The lowest BCUT2D eigenvalue weighted by atomic mass is 9.45. The molecule has 344 valence electrons. The molecule has 0 bridgehead atoms. The minimum Gasteiger partial charge on any atom is -0.349 e. The number of hydrogen-bond donors (Lipinski definition) is 3. The molecule has 15 nitrogen and oxygen atoms in total. The summed E-state index contributed by atoms with van der Waals surface area (Å²) in [7, 11) is -3.52. The van der Waals surface area contributed by atoms with Gasteiger partial charge in [-0.2, -0.15) is 18.6 Å². The van der Waals surface area contributed by atoms with E-state index in [1.165, 1.54) is 31.9 Å². The van der Waals surface area contributed by atoms with Crippen LogP contribution in [-0.2, 0) is 20.8 Å². The lowest BCUT2D eigenvalue weighted by Gasteiger charge is -2.61. The van der Waals surface area contributed by atoms with Crippen LogP contribution in [0, 0.1) is 57.2 Å². The predicted molar refractivity (Wildman–Crippen MR) is 241 cm³/mol. The zero-order valence-corrected chi connectivity index (χ0v) is 39.5. The molecule has 8 rings (SSSR count). The highest BCUT2D eigenvalue weighted by atomic mass is 32.2. The van der Waals surface area contributed by atoms with Gasteiger partial charge in [0.15, 0.2) is 0 Å². The molecule has 0 radical (unpaired) electrons. The van der Waals surface area contributed by atoms with Crippen molar-refractivity contribution >= 4 is 21.9 Å². The van der Waals surface area contributed by atoms with Gasteiger partial charge in [-0.05, 0) is 120 Å². The largest absolute Gasteiger partial charge is 0.349 e. The van der Waals surface area contributed by atoms with Crippen LogP contribution in [0.2, 0.25) is 0 Å². The van der Waals surface area contributed by atoms with Crippen LogP contribution >= 0.6 is 0 Å². The van der Waals surface area contributed by atoms with Gasteiger partial charge >= 0.3 is 0 Å². The minimum absolute atomic E-state index is 0.0125. The maximum Gasteiger partial charge on any atom is 0.264 e. The molecule has 2 amide bonds. The summed E-state index contributed by atoms with van der Waals surface area (Å²) >= 11 is 0. The second-order valence-corrected chi connectivity index (χ2v) is 22.2. The third-order valence-electron chi connectivity index (χ3n) is 15.9. The highest BCUT2D eigenvalue weighted by molar-refractivity contribution is 7.85. The molecule has 16 heteroatoms. The van der Waals surface area contributed by atoms with Crippen molar-refractivity contribution in [3.8, 4) is 0 Å². The second kappa shape index (κ2) is 19.7. The van der Waals surface area contributed by atoms with E-state index in [4.69, 9.17) is 4.18 Å². The van der Waals surface area contributed by atoms with Gasteiger partial charge in [-0.3, -0.25) is 33.5 Å². The molecule has 2 unspecified atom stereocenters. The van der Waals surface area contributed by atoms with Gasteiger partial charge in [-0.1, -0.05) is 68.2 Å². The van der Waals surface area contributed by atoms with Crippen molar-refractivity contribution in [2.75, 3.05) is 12.9 Å². The summed E-state index contributed by atoms with van der Waals surface area (Å²) in [4.78, 5) is 41.6. The van der Waals surface area contributed by atoms with E-state index >= 15 is 0 Å². The number of pyridine rings is 2. The fourth-order valence-corrected chi connectivity index (χ4v) is 13.0. The average Bonchev–Trinajstić information content (AvgIpc) is 4.00. The number of aromatic amines is 1. The number of amides is 2. The van der Waals surface area contributed by atoms with E-state index < -0.39 is 10.1 Å². The molecule has 4 aliphatic carbocycles. The summed E-state index contributed by atoms with van der Waals surface area (Å²) in [5.74, 6) is 1.74. The third-order valence-corrected chi connectivity index (χ3v) is 16.5. The van der Waals surface area contributed by atoms with Crippen LogP contribution < -0.4 is 10.6 Å². The zero-order valence-electron chi connectivity index (χ0n) is 38.7. The van der Waals surface area contributed by atoms with Crippen LogP contribution in [0.5, 0.6) is 0 Å². The molecule has 63 heavy (non-hydrogen) atoms. The number of nitrogens with one attached hydrogen (secondary N) is 3. The number of hydrogen-bond acceptors (Lipinski definition) is 11. The van der Waals surface area contributed by atoms with E-state index in [1.807, 2.05) is 23.1 Å². The van der Waals surface area contributed by atoms with Crippen molar-refractivity contribution < 1.29 is 22.2 Å². The van der Waals surface area contributed by atoms with Crippen molar-refractivity contribution in [3.63, 3.8) is 0 Å². The van der Waals surface area contributed by atoms with Crippen LogP contribution in [-0.4, -0.2) is 85.1 Å². The number of carbonyl (C=O) groups excluding carboxylic acids is 2. The van der Waals surface area contributed by atoms with E-state index in [9.17, 15) is 18.0 Å². The lowest BCUT2D eigenvalue weighted by Crippen LogP contribution is -2.60. The van der Waals surface area contributed by atoms with Gasteiger partial charge in [0, 0.05) is 43.4 Å². The number of H-pyrrole nitrogens is 1. The summed E-state index contributed by atoms with van der Waals surface area (Å²) in [6.07, 6.45) is 23.1. The summed E-state index contributed by atoms with van der Waals surface area (Å²) < 4.78 is 30.7. The van der Waals surface area contributed by atoms with Gasteiger partial charge in [0.1, 0.15) is 25.3 Å². The van der Waals surface area contributed by atoms with E-state index in [0.29, 0.717) is 34.8 Å². The Labute approximate surface area is 374 Å². The minimum atomic E-state index is -3.52. The maximum absolute atomic E-state index is 12.9. The Kier molecular flexibility index (Phi) is 15.0. The van der Waals surface area contributed by atoms with Crippen molar-refractivity contribution in [3.05, 3.63) is 85.5 Å². The molecule has 4 heterocycles. The molecule has 10 atom stereocenters. The molecule has 0 aromatic carbocycles. The van der Waals surface area contributed by atoms with Crippen LogP contribution in [0.3, 0.4) is 0 Å². The van der Waals surface area contributed by atoms with Crippen molar-refractivity contribution in [2.45, 2.75) is 125 Å². The highest BCUT2D eigenvalue weighted by Crippen LogP contribution is 2.62. The number of rotatable bonds is 9. The Bertz CT molecular complexity index is 2160. The van der Waals surface area contributed by atoms with Crippen molar-refractivity contribution in [1.82, 2.24) is 50.5 Å². The molecule has 0 aliphatic heterocycles. The SMILES string of the molecule is C[C@@H]1[C@H](NC(=O)c2cccnc2)CC2C(C)(C)CCC[C@]2(C)[C@H]1COS(C)(=O)=O.C[C@@H]1[C@H](NC(=O)c2cccnc2)CC2C(C)(C)CCC[C@]2(C)[C@H]1Cn1cncn1.c1nc[nH]n1. The standard InChI is InChI=1S/C23H33N5O.C22H34N2O4S.C2H3N3/c1-16-18(13-28-15-25-14-26-28)23(4)9-6-8-22(2,3)20(23)11-19(16)27-21(29)17-7-5-10-24-12-17;1-15-17(14-28-29(5,26)27)22(4)10-7-9-21(2,3)19(22)12-18(15)24-20(25)16-8-6-11-23-13-16;1-3-2-5-4-1/h5,7,10,12,14-16,18-20H,6,8-9,11,13H2,1-4H3,(H,27,29);6,8,11,13,15,17-19H,7,9-10,12,14H2,1-5H3,(H,24,25);1-2H,(H,3,4,5)/t16-,18-,19+,20?,23+;15-,17-,18+,19?,22+;/m00./s1. The second-order valence-electron chi connectivity index (χ2n) is 20.6. The molecule has 0 saturated heterocycles. The maximum atomic E-state index is 12.9. The van der Waals surface area contributed by atoms with Crippen LogP contribution in [0.15, 0.2) is 74.4 Å². The first-order valence-electron chi connectivity index (χ1n) is 22.6. The first-order valence-corrected chi connectivity index (χ1v) is 24.4. The monoisotopic (exact) mass is 887 g/mol. The average molecular weight is 887 g/mol. The topological polar surface area (TPSA) is 200 Å². The summed E-state index contributed by atoms with van der Waals surface area (Å²) in [6, 6.07) is 7.27. The highest BCUT2D eigenvalue weighted by Gasteiger charge is 2.58. The Hall–Kier alpha value is -4.57. The molecule has 0 spiro atoms. The van der Waals surface area contributed by atoms with Gasteiger partial charge in [0.05, 0.1) is 24.0 Å². The Morgan fingerprint density at radius 2 is 1.29 bits per heavy atom. The van der Waals surface area contributed by atoms with E-state index in [-0.39, 0.29) is 64.0 Å². The molecule has 4 fully saturated rings. The molecule has 4 saturated carbocycles. The predicted octanol–water partition coefficient (Wildman–Crippen LogP) is 7.41. The number of nitrogens with zero attached hydrogens (tertiary/aromatic N) is 7. The fourth-order valence-electron chi connectivity index (χ4n) is 12.6. The summed E-state index contributed by atoms with van der Waals surface area (Å²) in [5.41, 5.74) is 1.80. The van der Waals surface area contributed by atoms with Gasteiger partial charge in [-0.25, -0.2) is 9.97 Å². The van der Waals surface area contributed by atoms with Crippen LogP contribution in [0.25, 0.3) is 0 Å². The van der Waals surface area contributed by atoms with Gasteiger partial charge < -0.3 is 10.6 Å². The zero-order chi connectivity index (χ0) is 45.6. The fraction of sp³-hybridized carbons (Fsp3) is 0.660. The van der Waals surface area contributed by atoms with E-state index in [2.05, 4.69) is 101 Å². The van der Waals surface area contributed by atoms with Crippen molar-refractivity contribution in [2.24, 2.45) is 57.2 Å². The van der Waals surface area contributed by atoms with Gasteiger partial charge in [0.25, 0.3) is 21.9 Å². The molecular formula is C47H70N10O5S. The molecule has 4 aromatic rings. The molecular weight excluding hydrogens is 817 g/mol. The summed E-state index contributed by atoms with van der Waals surface area (Å²) in [5, 5.41) is 17.0. The Morgan fingerprint density at radius 3 is 1.70 bits per heavy atom. The molecule has 4 aliphatic rings. The third kappa shape index (κ3) is 11.2.